The second-order valence-electron chi connectivity index (χ2n) is 9.26. The van der Waals surface area contributed by atoms with Crippen LogP contribution in [-0.2, 0) is 6.42 Å². The van der Waals surface area contributed by atoms with Crippen molar-refractivity contribution in [3.8, 4) is 0 Å². The molecule has 1 fully saturated rings. The van der Waals surface area contributed by atoms with Crippen molar-refractivity contribution in [1.29, 1.82) is 0 Å². The zero-order valence-corrected chi connectivity index (χ0v) is 21.1. The Balaban J connectivity index is 1.43. The first-order chi connectivity index (χ1) is 16.0. The lowest BCUT2D eigenvalue weighted by Crippen LogP contribution is -2.53. The number of aliphatic imine (C=N–C) groups is 1. The van der Waals surface area contributed by atoms with E-state index in [9.17, 15) is 4.39 Å². The standard InChI is InChI=1S/C27H30FN3S2/c1-18(2)25-16-22-26(29-23-9-4-5-10-24(23)32-27(22)33-25)31-14-13-30(3)21(17-31)12-11-19-7-6-8-20(28)15-19/h4-10,15-16,18,21H,11-14,17H2,1-3H3/t21-/m0/s1. The quantitative estimate of drug-likeness (QED) is 0.410. The van der Waals surface area contributed by atoms with Crippen LogP contribution in [0.2, 0.25) is 0 Å². The van der Waals surface area contributed by atoms with Crippen LogP contribution in [0.25, 0.3) is 0 Å². The van der Waals surface area contributed by atoms with Crippen LogP contribution in [0.3, 0.4) is 0 Å². The first-order valence-corrected chi connectivity index (χ1v) is 13.3. The molecule has 0 spiro atoms. The predicted molar refractivity (Wildman–Crippen MR) is 138 cm³/mol. The Morgan fingerprint density at radius 2 is 1.94 bits per heavy atom. The van der Waals surface area contributed by atoms with Crippen LogP contribution < -0.4 is 0 Å². The second kappa shape index (κ2) is 9.61. The highest BCUT2D eigenvalue weighted by Gasteiger charge is 2.30. The molecule has 2 aliphatic heterocycles. The third-order valence-corrected chi connectivity index (χ3v) is 9.25. The molecule has 3 aromatic rings. The van der Waals surface area contributed by atoms with E-state index in [0.717, 1.165) is 49.6 Å². The monoisotopic (exact) mass is 479 g/mol. The van der Waals surface area contributed by atoms with Gasteiger partial charge in [-0.3, -0.25) is 4.90 Å². The van der Waals surface area contributed by atoms with Gasteiger partial charge < -0.3 is 4.90 Å². The van der Waals surface area contributed by atoms with Gasteiger partial charge in [-0.25, -0.2) is 9.38 Å². The highest BCUT2D eigenvalue weighted by Crippen LogP contribution is 2.45. The van der Waals surface area contributed by atoms with Gasteiger partial charge in [0.15, 0.2) is 0 Å². The van der Waals surface area contributed by atoms with E-state index in [1.54, 1.807) is 12.1 Å². The molecule has 0 amide bonds. The average molecular weight is 480 g/mol. The fourth-order valence-corrected chi connectivity index (χ4v) is 6.97. The molecule has 0 radical (unpaired) electrons. The Kier molecular flexibility index (Phi) is 6.59. The zero-order valence-electron chi connectivity index (χ0n) is 19.4. The van der Waals surface area contributed by atoms with E-state index in [-0.39, 0.29) is 5.82 Å². The number of hydrogen-bond donors (Lipinski definition) is 0. The number of likely N-dealkylation sites (N-methyl/N-ethyl adjacent to an activating group) is 1. The van der Waals surface area contributed by atoms with Crippen LogP contribution in [0, 0.1) is 5.82 Å². The third kappa shape index (κ3) is 4.88. The number of halogens is 1. The summed E-state index contributed by atoms with van der Waals surface area (Å²) in [5, 5.41) is 0. The number of piperazine rings is 1. The molecule has 1 saturated heterocycles. The van der Waals surface area contributed by atoms with E-state index in [0.29, 0.717) is 12.0 Å². The number of hydrogen-bond acceptors (Lipinski definition) is 5. The smallest absolute Gasteiger partial charge is 0.138 e. The molecule has 3 heterocycles. The number of amidine groups is 1. The summed E-state index contributed by atoms with van der Waals surface area (Å²) in [5.41, 5.74) is 3.40. The largest absolute Gasteiger partial charge is 0.353 e. The van der Waals surface area contributed by atoms with Crippen LogP contribution in [0.15, 0.2) is 68.7 Å². The zero-order chi connectivity index (χ0) is 22.9. The van der Waals surface area contributed by atoms with Gasteiger partial charge in [-0.15, -0.1) is 11.3 Å². The number of nitrogens with zero attached hydrogens (tertiary/aromatic N) is 3. The molecule has 1 aromatic heterocycles. The molecule has 0 bridgehead atoms. The minimum absolute atomic E-state index is 0.152. The van der Waals surface area contributed by atoms with Gasteiger partial charge in [-0.05, 0) is 61.7 Å². The van der Waals surface area contributed by atoms with E-state index in [1.807, 2.05) is 29.2 Å². The van der Waals surface area contributed by atoms with Crippen molar-refractivity contribution in [2.75, 3.05) is 26.7 Å². The van der Waals surface area contributed by atoms with Gasteiger partial charge in [0.05, 0.1) is 9.90 Å². The van der Waals surface area contributed by atoms with Gasteiger partial charge in [-0.1, -0.05) is 49.9 Å². The van der Waals surface area contributed by atoms with Crippen molar-refractivity contribution in [1.82, 2.24) is 9.80 Å². The molecule has 2 aromatic carbocycles. The van der Waals surface area contributed by atoms with Crippen LogP contribution in [0.1, 0.15) is 42.2 Å². The van der Waals surface area contributed by atoms with E-state index < -0.39 is 0 Å². The fourth-order valence-electron chi connectivity index (χ4n) is 4.54. The summed E-state index contributed by atoms with van der Waals surface area (Å²) in [6.45, 7) is 7.42. The summed E-state index contributed by atoms with van der Waals surface area (Å²) in [5.74, 6) is 1.46. The molecule has 0 unspecified atom stereocenters. The van der Waals surface area contributed by atoms with Crippen molar-refractivity contribution < 1.29 is 4.39 Å². The Bertz CT molecular complexity index is 1170. The minimum Gasteiger partial charge on any atom is -0.353 e. The number of aryl methyl sites for hydroxylation is 1. The molecule has 0 saturated carbocycles. The van der Waals surface area contributed by atoms with Crippen LogP contribution in [0.4, 0.5) is 10.1 Å². The number of para-hydroxylation sites is 1. The number of thiophene rings is 1. The molecule has 33 heavy (non-hydrogen) atoms. The Morgan fingerprint density at radius 1 is 1.09 bits per heavy atom. The highest BCUT2D eigenvalue weighted by atomic mass is 32.2. The fraction of sp³-hybridized carbons (Fsp3) is 0.370. The summed E-state index contributed by atoms with van der Waals surface area (Å²) in [6.07, 6.45) is 1.88. The van der Waals surface area contributed by atoms with Gasteiger partial charge in [0.1, 0.15) is 11.7 Å². The normalized spacial score (nSPS) is 18.6. The summed E-state index contributed by atoms with van der Waals surface area (Å²) < 4.78 is 15.0. The van der Waals surface area contributed by atoms with E-state index in [2.05, 4.69) is 61.0 Å². The van der Waals surface area contributed by atoms with E-state index in [4.69, 9.17) is 4.99 Å². The number of fused-ring (bicyclic) bond motifs is 2. The molecule has 6 heteroatoms. The number of benzene rings is 2. The van der Waals surface area contributed by atoms with Crippen LogP contribution in [0.5, 0.6) is 0 Å². The predicted octanol–water partition coefficient (Wildman–Crippen LogP) is 6.80. The third-order valence-electron chi connectivity index (χ3n) is 6.55. The first-order valence-electron chi connectivity index (χ1n) is 11.7. The maximum atomic E-state index is 13.6. The van der Waals surface area contributed by atoms with E-state index in [1.165, 1.54) is 25.6 Å². The molecular weight excluding hydrogens is 449 g/mol. The Morgan fingerprint density at radius 3 is 2.76 bits per heavy atom. The molecule has 0 aliphatic carbocycles. The molecule has 5 rings (SSSR count). The van der Waals surface area contributed by atoms with Gasteiger partial charge >= 0.3 is 0 Å². The van der Waals surface area contributed by atoms with Crippen molar-refractivity contribution in [3.05, 3.63) is 76.4 Å². The van der Waals surface area contributed by atoms with Gasteiger partial charge in [0, 0.05) is 41.0 Å². The summed E-state index contributed by atoms with van der Waals surface area (Å²) >= 11 is 3.76. The Hall–Kier alpha value is -2.15. The van der Waals surface area contributed by atoms with Gasteiger partial charge in [-0.2, -0.15) is 0 Å². The van der Waals surface area contributed by atoms with Crippen molar-refractivity contribution >= 4 is 34.6 Å². The van der Waals surface area contributed by atoms with Crippen LogP contribution in [-0.4, -0.2) is 48.4 Å². The van der Waals surface area contributed by atoms with Gasteiger partial charge in [0.25, 0.3) is 0 Å². The summed E-state index contributed by atoms with van der Waals surface area (Å²) in [7, 11) is 2.21. The van der Waals surface area contributed by atoms with Crippen molar-refractivity contribution in [3.63, 3.8) is 0 Å². The second-order valence-corrected chi connectivity index (χ2v) is 11.7. The summed E-state index contributed by atoms with van der Waals surface area (Å²) in [6, 6.07) is 18.3. The lowest BCUT2D eigenvalue weighted by atomic mass is 10.0. The maximum Gasteiger partial charge on any atom is 0.138 e. The molecular formula is C27H30FN3S2. The van der Waals surface area contributed by atoms with Crippen LogP contribution >= 0.6 is 23.1 Å². The van der Waals surface area contributed by atoms with Crippen molar-refractivity contribution in [2.24, 2.45) is 4.99 Å². The number of rotatable bonds is 4. The molecule has 172 valence electrons. The molecule has 1 atom stereocenters. The topological polar surface area (TPSA) is 18.8 Å². The first kappa shape index (κ1) is 22.6. The van der Waals surface area contributed by atoms with E-state index >= 15 is 0 Å². The molecule has 2 aliphatic rings. The molecule has 3 nitrogen and oxygen atoms in total. The maximum absolute atomic E-state index is 13.6. The average Bonchev–Trinajstić information content (AvgIpc) is 3.15. The van der Waals surface area contributed by atoms with Gasteiger partial charge in [0.2, 0.25) is 0 Å². The highest BCUT2D eigenvalue weighted by molar-refractivity contribution is 8.01. The molecule has 0 N–H and O–H groups in total. The Labute approximate surface area is 204 Å². The summed E-state index contributed by atoms with van der Waals surface area (Å²) in [4.78, 5) is 12.8. The minimum atomic E-state index is -0.152. The lowest BCUT2D eigenvalue weighted by molar-refractivity contribution is 0.134. The SMILES string of the molecule is CC(C)c1cc2c(s1)Sc1ccccc1N=C2N1CCN(C)[C@@H](CCc2cccc(F)c2)C1. The lowest BCUT2D eigenvalue weighted by Gasteiger charge is -2.41. The van der Waals surface area contributed by atoms with Crippen molar-refractivity contribution in [2.45, 2.75) is 47.8 Å².